The Morgan fingerprint density at radius 3 is 1.74 bits per heavy atom. The topological polar surface area (TPSA) is 12.9 Å². The lowest BCUT2D eigenvalue weighted by molar-refractivity contribution is -0.138. The van der Waals surface area contributed by atoms with Gasteiger partial charge in [-0.2, -0.15) is 26.3 Å². The van der Waals surface area contributed by atoms with Crippen molar-refractivity contribution in [2.75, 3.05) is 0 Å². The molecule has 0 aliphatic heterocycles. The Labute approximate surface area is 164 Å². The van der Waals surface area contributed by atoms with Crippen LogP contribution in [0, 0.1) is 3.57 Å². The minimum atomic E-state index is -4.47. The number of rotatable bonds is 2. The van der Waals surface area contributed by atoms with Gasteiger partial charge in [0, 0.05) is 20.9 Å². The fraction of sp³-hybridized carbons (Fsp3) is 0.105. The van der Waals surface area contributed by atoms with Gasteiger partial charge in [-0.3, -0.25) is 4.98 Å². The number of nitrogens with zero attached hydrogens (tertiary/aromatic N) is 1. The minimum Gasteiger partial charge on any atom is -0.256 e. The van der Waals surface area contributed by atoms with Crippen molar-refractivity contribution in [2.24, 2.45) is 0 Å². The molecule has 0 fully saturated rings. The van der Waals surface area contributed by atoms with Gasteiger partial charge in [-0.25, -0.2) is 0 Å². The van der Waals surface area contributed by atoms with Crippen LogP contribution in [-0.4, -0.2) is 4.98 Å². The molecule has 0 spiro atoms. The van der Waals surface area contributed by atoms with Gasteiger partial charge < -0.3 is 0 Å². The number of alkyl halides is 6. The SMILES string of the molecule is FC(F)(F)c1cccc(-c2cc(I)c(-c3cccc(C(F)(F)F)c3)cn2)c1. The van der Waals surface area contributed by atoms with Gasteiger partial charge in [-0.15, -0.1) is 0 Å². The van der Waals surface area contributed by atoms with E-state index in [9.17, 15) is 26.3 Å². The number of hydrogen-bond donors (Lipinski definition) is 0. The lowest BCUT2D eigenvalue weighted by Crippen LogP contribution is -2.05. The fourth-order valence-corrected chi connectivity index (χ4v) is 3.26. The molecule has 0 aliphatic rings. The second-order valence-electron chi connectivity index (χ2n) is 5.71. The Hall–Kier alpha value is -2.10. The average molecular weight is 493 g/mol. The fourth-order valence-electron chi connectivity index (χ4n) is 2.52. The first kappa shape index (κ1) is 19.7. The Morgan fingerprint density at radius 2 is 1.22 bits per heavy atom. The van der Waals surface area contributed by atoms with Crippen molar-refractivity contribution < 1.29 is 26.3 Å². The van der Waals surface area contributed by atoms with E-state index in [0.717, 1.165) is 24.3 Å². The van der Waals surface area contributed by atoms with Crippen LogP contribution in [0.3, 0.4) is 0 Å². The lowest BCUT2D eigenvalue weighted by atomic mass is 10.0. The van der Waals surface area contributed by atoms with Crippen LogP contribution in [0.5, 0.6) is 0 Å². The van der Waals surface area contributed by atoms with E-state index >= 15 is 0 Å². The Bertz CT molecular complexity index is 978. The summed E-state index contributed by atoms with van der Waals surface area (Å²) in [5, 5.41) is 0. The summed E-state index contributed by atoms with van der Waals surface area (Å²) in [5.74, 6) is 0. The van der Waals surface area contributed by atoms with E-state index in [-0.39, 0.29) is 5.56 Å². The molecule has 0 atom stereocenters. The van der Waals surface area contributed by atoms with Crippen molar-refractivity contribution in [1.29, 1.82) is 0 Å². The third kappa shape index (κ3) is 4.42. The highest BCUT2D eigenvalue weighted by molar-refractivity contribution is 14.1. The van der Waals surface area contributed by atoms with E-state index in [2.05, 4.69) is 4.98 Å². The number of aromatic nitrogens is 1. The summed E-state index contributed by atoms with van der Waals surface area (Å²) >= 11 is 1.93. The maximum Gasteiger partial charge on any atom is 0.416 e. The van der Waals surface area contributed by atoms with E-state index in [1.807, 2.05) is 22.6 Å². The van der Waals surface area contributed by atoms with Crippen LogP contribution in [0.25, 0.3) is 22.4 Å². The summed E-state index contributed by atoms with van der Waals surface area (Å²) in [6.07, 6.45) is -7.57. The highest BCUT2D eigenvalue weighted by Gasteiger charge is 2.31. The van der Waals surface area contributed by atoms with Crippen molar-refractivity contribution in [3.8, 4) is 22.4 Å². The molecule has 1 aromatic heterocycles. The predicted molar refractivity (Wildman–Crippen MR) is 97.8 cm³/mol. The summed E-state index contributed by atoms with van der Waals surface area (Å²) < 4.78 is 77.9. The van der Waals surface area contributed by atoms with Crippen molar-refractivity contribution in [1.82, 2.24) is 4.98 Å². The summed E-state index contributed by atoms with van der Waals surface area (Å²) in [6.45, 7) is 0. The van der Waals surface area contributed by atoms with Crippen LogP contribution in [-0.2, 0) is 12.4 Å². The van der Waals surface area contributed by atoms with Gasteiger partial charge in [0.1, 0.15) is 0 Å². The Morgan fingerprint density at radius 1 is 0.704 bits per heavy atom. The summed E-state index contributed by atoms with van der Waals surface area (Å²) in [5.41, 5.74) is -0.189. The van der Waals surface area contributed by atoms with Crippen LogP contribution >= 0.6 is 22.6 Å². The quantitative estimate of drug-likeness (QED) is 0.275. The molecule has 0 N–H and O–H groups in total. The predicted octanol–water partition coefficient (Wildman–Crippen LogP) is 7.06. The zero-order valence-corrected chi connectivity index (χ0v) is 15.5. The van der Waals surface area contributed by atoms with Crippen LogP contribution < -0.4 is 0 Å². The third-order valence-corrected chi connectivity index (χ3v) is 4.73. The largest absolute Gasteiger partial charge is 0.416 e. The average Bonchev–Trinajstić information content (AvgIpc) is 2.60. The summed E-state index contributed by atoms with van der Waals surface area (Å²) in [4.78, 5) is 4.15. The molecule has 2 aromatic carbocycles. The lowest BCUT2D eigenvalue weighted by Gasteiger charge is -2.12. The molecule has 0 unspecified atom stereocenters. The molecule has 0 amide bonds. The van der Waals surface area contributed by atoms with Gasteiger partial charge in [0.2, 0.25) is 0 Å². The molecule has 0 saturated carbocycles. The molecule has 8 heteroatoms. The Balaban J connectivity index is 2.00. The van der Waals surface area contributed by atoms with E-state index in [1.54, 1.807) is 6.07 Å². The standard InChI is InChI=1S/C19H10F6IN/c20-18(21,22)13-5-1-3-11(7-13)15-10-27-17(9-16(15)26)12-4-2-6-14(8-12)19(23,24)25/h1-10H. The highest BCUT2D eigenvalue weighted by atomic mass is 127. The van der Waals surface area contributed by atoms with Gasteiger partial charge in [-0.05, 0) is 58.5 Å². The molecule has 27 heavy (non-hydrogen) atoms. The van der Waals surface area contributed by atoms with Gasteiger partial charge in [0.15, 0.2) is 0 Å². The minimum absolute atomic E-state index is 0.276. The monoisotopic (exact) mass is 493 g/mol. The van der Waals surface area contributed by atoms with Gasteiger partial charge in [0.05, 0.1) is 16.8 Å². The molecular formula is C19H10F6IN. The molecule has 0 aliphatic carbocycles. The number of halogens is 7. The van der Waals surface area contributed by atoms with Gasteiger partial charge in [0.25, 0.3) is 0 Å². The van der Waals surface area contributed by atoms with E-state index in [1.165, 1.54) is 30.5 Å². The van der Waals surface area contributed by atoms with Crippen molar-refractivity contribution in [2.45, 2.75) is 12.4 Å². The molecule has 1 heterocycles. The van der Waals surface area contributed by atoms with E-state index in [4.69, 9.17) is 0 Å². The first-order valence-electron chi connectivity index (χ1n) is 7.56. The van der Waals surface area contributed by atoms with Crippen LogP contribution in [0.4, 0.5) is 26.3 Å². The first-order chi connectivity index (χ1) is 12.6. The molecule has 140 valence electrons. The highest BCUT2D eigenvalue weighted by Crippen LogP contribution is 2.35. The van der Waals surface area contributed by atoms with E-state index in [0.29, 0.717) is 20.4 Å². The van der Waals surface area contributed by atoms with Crippen molar-refractivity contribution in [3.05, 3.63) is 75.5 Å². The van der Waals surface area contributed by atoms with Crippen molar-refractivity contribution >= 4 is 22.6 Å². The molecule has 3 rings (SSSR count). The maximum absolute atomic E-state index is 12.9. The van der Waals surface area contributed by atoms with Gasteiger partial charge in [-0.1, -0.05) is 24.3 Å². The maximum atomic E-state index is 12.9. The molecule has 0 saturated heterocycles. The normalized spacial score (nSPS) is 12.3. The Kier molecular flexibility index (Phi) is 5.20. The zero-order valence-electron chi connectivity index (χ0n) is 13.4. The van der Waals surface area contributed by atoms with Crippen molar-refractivity contribution in [3.63, 3.8) is 0 Å². The molecule has 0 radical (unpaired) electrons. The van der Waals surface area contributed by atoms with Crippen LogP contribution in [0.1, 0.15) is 11.1 Å². The van der Waals surface area contributed by atoms with E-state index < -0.39 is 23.5 Å². The third-order valence-electron chi connectivity index (χ3n) is 3.84. The second kappa shape index (κ2) is 7.14. The second-order valence-corrected chi connectivity index (χ2v) is 6.87. The molecular weight excluding hydrogens is 483 g/mol. The van der Waals surface area contributed by atoms with Crippen LogP contribution in [0.2, 0.25) is 0 Å². The summed E-state index contributed by atoms with van der Waals surface area (Å²) in [7, 11) is 0. The molecule has 0 bridgehead atoms. The van der Waals surface area contributed by atoms with Gasteiger partial charge >= 0.3 is 12.4 Å². The van der Waals surface area contributed by atoms with Crippen LogP contribution in [0.15, 0.2) is 60.8 Å². The first-order valence-corrected chi connectivity index (χ1v) is 8.64. The zero-order chi connectivity index (χ0) is 19.8. The smallest absolute Gasteiger partial charge is 0.256 e. The molecule has 1 nitrogen and oxygen atoms in total. The molecule has 3 aromatic rings. The summed E-state index contributed by atoms with van der Waals surface area (Å²) in [6, 6.07) is 11.1. The number of hydrogen-bond acceptors (Lipinski definition) is 1. The number of benzene rings is 2. The number of pyridine rings is 1.